The van der Waals surface area contributed by atoms with Crippen LogP contribution in [0.5, 0.6) is 0 Å². The number of hydrogen-bond acceptors (Lipinski definition) is 3. The third kappa shape index (κ3) is 4.68. The van der Waals surface area contributed by atoms with Crippen molar-refractivity contribution in [1.82, 2.24) is 14.9 Å². The molecule has 5 heteroatoms. The summed E-state index contributed by atoms with van der Waals surface area (Å²) in [6, 6.07) is 17.0. The van der Waals surface area contributed by atoms with Gasteiger partial charge in [-0.2, -0.15) is 0 Å². The molecule has 0 unspecified atom stereocenters. The smallest absolute Gasteiger partial charge is 0.321 e. The Labute approximate surface area is 152 Å². The molecule has 26 heavy (non-hydrogen) atoms. The molecule has 1 heterocycles. The quantitative estimate of drug-likeness (QED) is 0.741. The minimum Gasteiger partial charge on any atom is -0.322 e. The van der Waals surface area contributed by atoms with Gasteiger partial charge in [0, 0.05) is 30.6 Å². The maximum atomic E-state index is 12.5. The summed E-state index contributed by atoms with van der Waals surface area (Å²) < 4.78 is 0. The summed E-state index contributed by atoms with van der Waals surface area (Å²) in [4.78, 5) is 22.2. The van der Waals surface area contributed by atoms with Crippen LogP contribution < -0.4 is 5.32 Å². The number of benzene rings is 2. The van der Waals surface area contributed by atoms with Crippen molar-refractivity contribution in [3.05, 3.63) is 90.0 Å². The zero-order chi connectivity index (χ0) is 18.2. The number of urea groups is 1. The number of amides is 2. The molecule has 0 fully saturated rings. The summed E-state index contributed by atoms with van der Waals surface area (Å²) >= 11 is 0. The Morgan fingerprint density at radius 3 is 2.58 bits per heavy atom. The number of para-hydroxylation sites is 1. The number of hydrogen-bond donors (Lipinski definition) is 1. The van der Waals surface area contributed by atoms with Gasteiger partial charge in [-0.3, -0.25) is 9.97 Å². The van der Waals surface area contributed by atoms with Crippen LogP contribution >= 0.6 is 0 Å². The second-order valence-electron chi connectivity index (χ2n) is 5.64. The van der Waals surface area contributed by atoms with Crippen LogP contribution in [0.3, 0.4) is 0 Å². The number of carbonyl (C=O) groups is 1. The first-order valence-electron chi connectivity index (χ1n) is 8.15. The lowest BCUT2D eigenvalue weighted by molar-refractivity contribution is 0.220. The molecule has 2 amide bonds. The molecule has 1 N–H and O–H groups in total. The molecule has 0 atom stereocenters. The molecule has 0 aliphatic carbocycles. The number of nitrogens with zero attached hydrogens (tertiary/aromatic N) is 3. The molecular weight excluding hydrogens is 324 g/mol. The first-order chi connectivity index (χ1) is 12.7. The van der Waals surface area contributed by atoms with Gasteiger partial charge in [-0.05, 0) is 24.3 Å². The first-order valence-corrected chi connectivity index (χ1v) is 8.15. The van der Waals surface area contributed by atoms with Crippen LogP contribution in [0.2, 0.25) is 0 Å². The summed E-state index contributed by atoms with van der Waals surface area (Å²) in [5, 5.41) is 2.90. The normalized spacial score (nSPS) is 9.73. The highest BCUT2D eigenvalue weighted by Gasteiger charge is 2.11. The van der Waals surface area contributed by atoms with E-state index in [4.69, 9.17) is 0 Å². The van der Waals surface area contributed by atoms with E-state index < -0.39 is 0 Å². The first kappa shape index (κ1) is 17.2. The van der Waals surface area contributed by atoms with Crippen molar-refractivity contribution in [2.24, 2.45) is 0 Å². The van der Waals surface area contributed by atoms with Gasteiger partial charge in [0.2, 0.25) is 0 Å². The fraction of sp³-hybridized carbons (Fsp3) is 0.0952. The lowest BCUT2D eigenvalue weighted by atomic mass is 10.1. The number of anilines is 1. The highest BCUT2D eigenvalue weighted by Crippen LogP contribution is 2.15. The van der Waals surface area contributed by atoms with Gasteiger partial charge in [0.1, 0.15) is 0 Å². The summed E-state index contributed by atoms with van der Waals surface area (Å²) in [7, 11) is 1.71. The SMILES string of the molecule is CN(Cc1cnccn1)C(=O)Nc1ccccc1C#Cc1ccccc1. The zero-order valence-electron chi connectivity index (χ0n) is 14.4. The van der Waals surface area contributed by atoms with E-state index in [9.17, 15) is 4.79 Å². The summed E-state index contributed by atoms with van der Waals surface area (Å²) in [6.07, 6.45) is 4.85. The molecule has 0 saturated carbocycles. The van der Waals surface area contributed by atoms with Gasteiger partial charge in [-0.1, -0.05) is 42.2 Å². The average molecular weight is 342 g/mol. The molecule has 0 bridgehead atoms. The van der Waals surface area contributed by atoms with E-state index in [2.05, 4.69) is 27.1 Å². The van der Waals surface area contributed by atoms with Gasteiger partial charge in [0.05, 0.1) is 24.1 Å². The molecule has 0 aliphatic heterocycles. The molecule has 0 spiro atoms. The van der Waals surface area contributed by atoms with Crippen molar-refractivity contribution in [3.8, 4) is 11.8 Å². The van der Waals surface area contributed by atoms with Crippen LogP contribution in [0, 0.1) is 11.8 Å². The van der Waals surface area contributed by atoms with Gasteiger partial charge < -0.3 is 10.2 Å². The van der Waals surface area contributed by atoms with Crippen molar-refractivity contribution < 1.29 is 4.79 Å². The topological polar surface area (TPSA) is 58.1 Å². The predicted octanol–water partition coefficient (Wildman–Crippen LogP) is 3.54. The van der Waals surface area contributed by atoms with Gasteiger partial charge in [0.25, 0.3) is 0 Å². The molecular formula is C21H18N4O. The lowest BCUT2D eigenvalue weighted by Gasteiger charge is -2.18. The maximum Gasteiger partial charge on any atom is 0.321 e. The monoisotopic (exact) mass is 342 g/mol. The van der Waals surface area contributed by atoms with Crippen molar-refractivity contribution in [1.29, 1.82) is 0 Å². The third-order valence-corrected chi connectivity index (χ3v) is 3.65. The van der Waals surface area contributed by atoms with Crippen molar-refractivity contribution in [2.75, 3.05) is 12.4 Å². The number of aromatic nitrogens is 2. The fourth-order valence-electron chi connectivity index (χ4n) is 2.30. The van der Waals surface area contributed by atoms with E-state index in [0.717, 1.165) is 16.8 Å². The van der Waals surface area contributed by atoms with Crippen molar-refractivity contribution in [3.63, 3.8) is 0 Å². The van der Waals surface area contributed by atoms with Crippen LogP contribution in [-0.2, 0) is 6.54 Å². The second kappa shape index (κ2) is 8.45. The van der Waals surface area contributed by atoms with Gasteiger partial charge in [-0.15, -0.1) is 0 Å². The van der Waals surface area contributed by atoms with Crippen molar-refractivity contribution >= 4 is 11.7 Å². The molecule has 128 valence electrons. The highest BCUT2D eigenvalue weighted by atomic mass is 16.2. The lowest BCUT2D eigenvalue weighted by Crippen LogP contribution is -2.31. The maximum absolute atomic E-state index is 12.5. The van der Waals surface area contributed by atoms with Crippen LogP contribution in [0.4, 0.5) is 10.5 Å². The van der Waals surface area contributed by atoms with E-state index in [1.165, 1.54) is 0 Å². The molecule has 0 saturated heterocycles. The average Bonchev–Trinajstić information content (AvgIpc) is 2.69. The minimum atomic E-state index is -0.232. The van der Waals surface area contributed by atoms with E-state index >= 15 is 0 Å². The molecule has 3 rings (SSSR count). The van der Waals surface area contributed by atoms with E-state index in [0.29, 0.717) is 12.2 Å². The molecule has 5 nitrogen and oxygen atoms in total. The Hall–Kier alpha value is -3.65. The predicted molar refractivity (Wildman–Crippen MR) is 101 cm³/mol. The number of carbonyl (C=O) groups excluding carboxylic acids is 1. The highest BCUT2D eigenvalue weighted by molar-refractivity contribution is 5.90. The van der Waals surface area contributed by atoms with E-state index in [1.807, 2.05) is 54.6 Å². The van der Waals surface area contributed by atoms with Gasteiger partial charge in [-0.25, -0.2) is 4.79 Å². The molecule has 3 aromatic rings. The van der Waals surface area contributed by atoms with Gasteiger partial charge >= 0.3 is 6.03 Å². The number of rotatable bonds is 3. The molecule has 0 radical (unpaired) electrons. The Morgan fingerprint density at radius 2 is 1.81 bits per heavy atom. The summed E-state index contributed by atoms with van der Waals surface area (Å²) in [6.45, 7) is 0.373. The standard InChI is InChI=1S/C21H18N4O/c1-25(16-19-15-22-13-14-23-19)21(26)24-20-10-6-5-9-18(20)12-11-17-7-3-2-4-8-17/h2-10,13-15H,16H2,1H3,(H,24,26). The van der Waals surface area contributed by atoms with E-state index in [1.54, 1.807) is 30.5 Å². The van der Waals surface area contributed by atoms with Crippen LogP contribution in [0.1, 0.15) is 16.8 Å². The van der Waals surface area contributed by atoms with Crippen LogP contribution in [-0.4, -0.2) is 27.9 Å². The largest absolute Gasteiger partial charge is 0.322 e. The molecule has 1 aromatic heterocycles. The zero-order valence-corrected chi connectivity index (χ0v) is 14.4. The van der Waals surface area contributed by atoms with Crippen LogP contribution in [0.25, 0.3) is 0 Å². The number of nitrogens with one attached hydrogen (secondary N) is 1. The van der Waals surface area contributed by atoms with Crippen LogP contribution in [0.15, 0.2) is 73.2 Å². The Kier molecular flexibility index (Phi) is 5.58. The Morgan fingerprint density at radius 1 is 1.04 bits per heavy atom. The Bertz CT molecular complexity index is 930. The third-order valence-electron chi connectivity index (χ3n) is 3.65. The fourth-order valence-corrected chi connectivity index (χ4v) is 2.30. The summed E-state index contributed by atoms with van der Waals surface area (Å²) in [5.41, 5.74) is 3.08. The second-order valence-corrected chi connectivity index (χ2v) is 5.64. The summed E-state index contributed by atoms with van der Waals surface area (Å²) in [5.74, 6) is 6.23. The van der Waals surface area contributed by atoms with Gasteiger partial charge in [0.15, 0.2) is 0 Å². The molecule has 2 aromatic carbocycles. The Balaban J connectivity index is 1.72. The van der Waals surface area contributed by atoms with Crippen molar-refractivity contribution in [2.45, 2.75) is 6.54 Å². The van der Waals surface area contributed by atoms with E-state index in [-0.39, 0.29) is 6.03 Å². The molecule has 0 aliphatic rings. The minimum absolute atomic E-state index is 0.232.